The van der Waals surface area contributed by atoms with Crippen LogP contribution in [0.25, 0.3) is 0 Å². The third-order valence-electron chi connectivity index (χ3n) is 3.77. The summed E-state index contributed by atoms with van der Waals surface area (Å²) < 4.78 is 29.6. The van der Waals surface area contributed by atoms with Crippen molar-refractivity contribution in [3.05, 3.63) is 76.5 Å². The van der Waals surface area contributed by atoms with E-state index in [1.807, 2.05) is 0 Å². The molecule has 150 valence electrons. The molecular weight excluding hydrogens is 437 g/mol. The van der Waals surface area contributed by atoms with Crippen LogP contribution >= 0.6 is 23.2 Å². The highest BCUT2D eigenvalue weighted by molar-refractivity contribution is 7.89. The van der Waals surface area contributed by atoms with Crippen molar-refractivity contribution in [3.8, 4) is 11.5 Å². The van der Waals surface area contributed by atoms with Gasteiger partial charge < -0.3 is 10.1 Å². The molecule has 2 aromatic carbocycles. The van der Waals surface area contributed by atoms with E-state index < -0.39 is 10.0 Å². The number of nitrogens with one attached hydrogen (secondary N) is 1. The van der Waals surface area contributed by atoms with Gasteiger partial charge in [-0.05, 0) is 35.9 Å². The molecule has 0 fully saturated rings. The number of benzene rings is 2. The third-order valence-corrected chi connectivity index (χ3v) is 5.28. The van der Waals surface area contributed by atoms with Gasteiger partial charge in [0.25, 0.3) is 0 Å². The second-order valence-electron chi connectivity index (χ2n) is 5.94. The summed E-state index contributed by atoms with van der Waals surface area (Å²) in [5.41, 5.74) is 0.888. The number of ether oxygens (including phenoxy) is 1. The number of primary sulfonamides is 1. The van der Waals surface area contributed by atoms with Crippen LogP contribution in [0.5, 0.6) is 11.5 Å². The Morgan fingerprint density at radius 1 is 1.10 bits per heavy atom. The van der Waals surface area contributed by atoms with Gasteiger partial charge >= 0.3 is 0 Å². The van der Waals surface area contributed by atoms with Crippen molar-refractivity contribution in [1.82, 2.24) is 4.98 Å². The average Bonchev–Trinajstić information content (AvgIpc) is 2.64. The maximum absolute atomic E-state index is 12.3. The lowest BCUT2D eigenvalue weighted by Crippen LogP contribution is -2.17. The second-order valence-corrected chi connectivity index (χ2v) is 8.26. The zero-order chi connectivity index (χ0) is 21.0. The maximum atomic E-state index is 12.3. The fourth-order valence-electron chi connectivity index (χ4n) is 2.49. The Hall–Kier alpha value is -2.65. The van der Waals surface area contributed by atoms with Gasteiger partial charge in [-0.15, -0.1) is 0 Å². The number of nitrogens with zero attached hydrogens (tertiary/aromatic N) is 1. The van der Waals surface area contributed by atoms with E-state index in [2.05, 4.69) is 10.3 Å². The first-order valence-corrected chi connectivity index (χ1v) is 10.5. The molecule has 0 aliphatic rings. The Bertz CT molecular complexity index is 1170. The van der Waals surface area contributed by atoms with E-state index in [-0.39, 0.29) is 39.6 Å². The number of sulfonamides is 1. The number of aromatic nitrogens is 1. The molecule has 0 radical (unpaired) electrons. The Labute approximate surface area is 177 Å². The van der Waals surface area contributed by atoms with Crippen molar-refractivity contribution in [2.45, 2.75) is 11.3 Å². The number of carbonyl (C=O) groups excluding carboxylic acids is 1. The molecule has 1 heterocycles. The van der Waals surface area contributed by atoms with E-state index in [0.717, 1.165) is 0 Å². The van der Waals surface area contributed by atoms with Crippen LogP contribution in [0.2, 0.25) is 10.2 Å². The van der Waals surface area contributed by atoms with Crippen LogP contribution in [0.3, 0.4) is 0 Å². The predicted octanol–water partition coefficient (Wildman–Crippen LogP) is 4.01. The Morgan fingerprint density at radius 2 is 1.86 bits per heavy atom. The molecule has 3 aromatic rings. The molecule has 3 N–H and O–H groups in total. The van der Waals surface area contributed by atoms with E-state index >= 15 is 0 Å². The summed E-state index contributed by atoms with van der Waals surface area (Å²) in [5.74, 6) is -0.0997. The Morgan fingerprint density at radius 3 is 2.55 bits per heavy atom. The van der Waals surface area contributed by atoms with Crippen LogP contribution in [-0.4, -0.2) is 19.3 Å². The molecule has 0 spiro atoms. The molecule has 0 atom stereocenters. The summed E-state index contributed by atoms with van der Waals surface area (Å²) in [6.45, 7) is 0. The van der Waals surface area contributed by atoms with Crippen molar-refractivity contribution in [2.24, 2.45) is 5.14 Å². The molecule has 1 amide bonds. The molecule has 29 heavy (non-hydrogen) atoms. The monoisotopic (exact) mass is 451 g/mol. The quantitative estimate of drug-likeness (QED) is 0.549. The Balaban J connectivity index is 1.84. The molecule has 0 bridgehead atoms. The topological polar surface area (TPSA) is 111 Å². The normalized spacial score (nSPS) is 11.1. The molecule has 0 unspecified atom stereocenters. The molecule has 3 rings (SSSR count). The molecule has 1 aromatic heterocycles. The van der Waals surface area contributed by atoms with Crippen LogP contribution in [0.15, 0.2) is 65.7 Å². The molecule has 0 saturated heterocycles. The predicted molar refractivity (Wildman–Crippen MR) is 111 cm³/mol. The highest BCUT2D eigenvalue weighted by atomic mass is 35.5. The number of pyridine rings is 1. The zero-order valence-electron chi connectivity index (χ0n) is 14.8. The number of carbonyl (C=O) groups is 1. The number of anilines is 1. The van der Waals surface area contributed by atoms with Gasteiger partial charge in [-0.1, -0.05) is 41.4 Å². The first-order valence-electron chi connectivity index (χ1n) is 8.22. The van der Waals surface area contributed by atoms with E-state index in [1.165, 1.54) is 36.5 Å². The molecule has 7 nitrogen and oxygen atoms in total. The van der Waals surface area contributed by atoms with Crippen molar-refractivity contribution >= 4 is 44.8 Å². The van der Waals surface area contributed by atoms with E-state index in [4.69, 9.17) is 33.1 Å². The molecular formula is C19H15Cl2N3O4S. The van der Waals surface area contributed by atoms with Gasteiger partial charge in [0.1, 0.15) is 21.5 Å². The van der Waals surface area contributed by atoms with Crippen LogP contribution < -0.4 is 15.2 Å². The maximum Gasteiger partial charge on any atom is 0.241 e. The minimum Gasteiger partial charge on any atom is -0.456 e. The molecule has 0 aliphatic heterocycles. The van der Waals surface area contributed by atoms with Crippen LogP contribution in [0.4, 0.5) is 5.69 Å². The minimum absolute atomic E-state index is 0.0149. The SMILES string of the molecule is NS(=O)(=O)c1cc(NC(=O)Cc2ccccc2Cl)ccc1Oc1ccnc(Cl)c1. The van der Waals surface area contributed by atoms with Gasteiger partial charge in [-0.3, -0.25) is 4.79 Å². The van der Waals surface area contributed by atoms with Crippen molar-refractivity contribution in [1.29, 1.82) is 0 Å². The summed E-state index contributed by atoms with van der Waals surface area (Å²) in [6.07, 6.45) is 1.44. The van der Waals surface area contributed by atoms with E-state index in [9.17, 15) is 13.2 Å². The van der Waals surface area contributed by atoms with Crippen LogP contribution in [0, 0.1) is 0 Å². The van der Waals surface area contributed by atoms with Gasteiger partial charge in [0.15, 0.2) is 0 Å². The smallest absolute Gasteiger partial charge is 0.241 e. The first kappa shape index (κ1) is 21.1. The van der Waals surface area contributed by atoms with E-state index in [1.54, 1.807) is 24.3 Å². The fourth-order valence-corrected chi connectivity index (χ4v) is 3.54. The Kier molecular flexibility index (Phi) is 6.39. The van der Waals surface area contributed by atoms with Crippen molar-refractivity contribution in [3.63, 3.8) is 0 Å². The second kappa shape index (κ2) is 8.79. The molecule has 10 heteroatoms. The van der Waals surface area contributed by atoms with Gasteiger partial charge in [0, 0.05) is 23.0 Å². The number of rotatable bonds is 6. The standard InChI is InChI=1S/C19H15Cl2N3O4S/c20-15-4-2-1-3-12(15)9-19(25)24-13-5-6-16(17(10-13)29(22,26)27)28-14-7-8-23-18(21)11-14/h1-8,10-11H,9H2,(H,24,25)(H2,22,26,27). The summed E-state index contributed by atoms with van der Waals surface area (Å²) in [5, 5.41) is 8.58. The van der Waals surface area contributed by atoms with Crippen molar-refractivity contribution in [2.75, 3.05) is 5.32 Å². The minimum atomic E-state index is -4.13. The van der Waals surface area contributed by atoms with Crippen LogP contribution in [-0.2, 0) is 21.2 Å². The zero-order valence-corrected chi connectivity index (χ0v) is 17.1. The lowest BCUT2D eigenvalue weighted by Gasteiger charge is -2.13. The lowest BCUT2D eigenvalue weighted by molar-refractivity contribution is -0.115. The fraction of sp³-hybridized carbons (Fsp3) is 0.0526. The number of halogens is 2. The molecule has 0 aliphatic carbocycles. The van der Waals surface area contributed by atoms with Gasteiger partial charge in [0.2, 0.25) is 15.9 Å². The summed E-state index contributed by atoms with van der Waals surface area (Å²) in [6, 6.07) is 14.0. The van der Waals surface area contributed by atoms with Crippen molar-refractivity contribution < 1.29 is 17.9 Å². The highest BCUT2D eigenvalue weighted by Gasteiger charge is 2.18. The average molecular weight is 452 g/mol. The van der Waals surface area contributed by atoms with Gasteiger partial charge in [-0.2, -0.15) is 0 Å². The number of amides is 1. The number of hydrogen-bond acceptors (Lipinski definition) is 5. The third kappa shape index (κ3) is 5.68. The summed E-state index contributed by atoms with van der Waals surface area (Å²) >= 11 is 11.9. The van der Waals surface area contributed by atoms with Gasteiger partial charge in [-0.25, -0.2) is 18.5 Å². The number of nitrogens with two attached hydrogens (primary N) is 1. The lowest BCUT2D eigenvalue weighted by atomic mass is 10.1. The summed E-state index contributed by atoms with van der Waals surface area (Å²) in [7, 11) is -4.13. The van der Waals surface area contributed by atoms with E-state index in [0.29, 0.717) is 10.6 Å². The first-order chi connectivity index (χ1) is 13.7. The van der Waals surface area contributed by atoms with Crippen LogP contribution in [0.1, 0.15) is 5.56 Å². The van der Waals surface area contributed by atoms with Gasteiger partial charge in [0.05, 0.1) is 6.42 Å². The highest BCUT2D eigenvalue weighted by Crippen LogP contribution is 2.31. The number of hydrogen-bond donors (Lipinski definition) is 2. The summed E-state index contributed by atoms with van der Waals surface area (Å²) in [4.78, 5) is 15.8. The largest absolute Gasteiger partial charge is 0.456 e. The molecule has 0 saturated carbocycles.